The summed E-state index contributed by atoms with van der Waals surface area (Å²) >= 11 is 5.71. The molecule has 0 saturated carbocycles. The minimum Gasteiger partial charge on any atom is -0.394 e. The molecule has 0 amide bonds. The van der Waals surface area contributed by atoms with Crippen LogP contribution in [0.4, 0.5) is 5.69 Å². The number of halogens is 1. The second kappa shape index (κ2) is 7.99. The molecule has 0 spiro atoms. The van der Waals surface area contributed by atoms with Crippen molar-refractivity contribution in [2.45, 2.75) is 6.54 Å². The summed E-state index contributed by atoms with van der Waals surface area (Å²) in [7, 11) is 0. The molecule has 0 fully saturated rings. The number of nitro benzene ring substituents is 1. The number of hydrogen-bond acceptors (Lipinski definition) is 5. The van der Waals surface area contributed by atoms with Gasteiger partial charge in [0.2, 0.25) is 0 Å². The van der Waals surface area contributed by atoms with E-state index in [-0.39, 0.29) is 12.3 Å². The van der Waals surface area contributed by atoms with E-state index in [0.717, 1.165) is 0 Å². The summed E-state index contributed by atoms with van der Waals surface area (Å²) < 4.78 is 5.05. The Labute approximate surface area is 110 Å². The quantitative estimate of drug-likeness (QED) is 0.425. The molecule has 1 rings (SSSR count). The Kier molecular flexibility index (Phi) is 6.59. The van der Waals surface area contributed by atoms with Crippen molar-refractivity contribution in [1.29, 1.82) is 0 Å². The second-order valence-electron chi connectivity index (χ2n) is 3.54. The lowest BCUT2D eigenvalue weighted by Gasteiger charge is -2.06. The molecule has 2 N–H and O–H groups in total. The van der Waals surface area contributed by atoms with Crippen molar-refractivity contribution in [3.05, 3.63) is 38.9 Å². The van der Waals surface area contributed by atoms with E-state index in [2.05, 4.69) is 5.32 Å². The molecular weight excluding hydrogens is 260 g/mol. The van der Waals surface area contributed by atoms with Crippen LogP contribution in [0.5, 0.6) is 0 Å². The maximum absolute atomic E-state index is 10.8. The van der Waals surface area contributed by atoms with Crippen LogP contribution in [0.25, 0.3) is 0 Å². The molecule has 0 heterocycles. The van der Waals surface area contributed by atoms with E-state index >= 15 is 0 Å². The number of ether oxygens (including phenoxy) is 1. The molecular formula is C11H15ClN2O4. The molecule has 6 nitrogen and oxygen atoms in total. The van der Waals surface area contributed by atoms with Gasteiger partial charge in [0.15, 0.2) is 0 Å². The molecule has 0 radical (unpaired) electrons. The molecule has 1 aromatic rings. The summed E-state index contributed by atoms with van der Waals surface area (Å²) in [5.41, 5.74) is 0.581. The number of nitrogens with zero attached hydrogens (tertiary/aromatic N) is 1. The number of nitro groups is 1. The first kappa shape index (κ1) is 14.8. The SMILES string of the molecule is O=[N+]([O-])c1cc(Cl)ccc1CNCCOCCO. The minimum absolute atomic E-state index is 0.00581. The average Bonchev–Trinajstić information content (AvgIpc) is 2.35. The Morgan fingerprint density at radius 3 is 2.89 bits per heavy atom. The van der Waals surface area contributed by atoms with Crippen molar-refractivity contribution in [1.82, 2.24) is 5.32 Å². The Hall–Kier alpha value is -1.21. The Bertz CT molecular complexity index is 401. The second-order valence-corrected chi connectivity index (χ2v) is 3.98. The predicted octanol–water partition coefficient (Wildman–Crippen LogP) is 1.35. The molecule has 1 aromatic carbocycles. The number of rotatable bonds is 8. The third-order valence-corrected chi connectivity index (χ3v) is 2.45. The molecule has 18 heavy (non-hydrogen) atoms. The maximum atomic E-state index is 10.8. The molecule has 0 aliphatic rings. The zero-order chi connectivity index (χ0) is 13.4. The number of aliphatic hydroxyl groups excluding tert-OH is 1. The minimum atomic E-state index is -0.453. The normalized spacial score (nSPS) is 10.6. The third-order valence-electron chi connectivity index (χ3n) is 2.22. The van der Waals surface area contributed by atoms with Crippen LogP contribution in [0, 0.1) is 10.1 Å². The van der Waals surface area contributed by atoms with E-state index in [1.54, 1.807) is 12.1 Å². The van der Waals surface area contributed by atoms with Crippen LogP contribution in [0.2, 0.25) is 5.02 Å². The van der Waals surface area contributed by atoms with Gasteiger partial charge in [0.1, 0.15) is 0 Å². The van der Waals surface area contributed by atoms with Gasteiger partial charge in [-0.15, -0.1) is 0 Å². The standard InChI is InChI=1S/C11H15ClN2O4/c12-10-2-1-9(11(7-10)14(16)17)8-13-3-5-18-6-4-15/h1-2,7,13,15H,3-6,8H2. The van der Waals surface area contributed by atoms with Gasteiger partial charge >= 0.3 is 0 Å². The Morgan fingerprint density at radius 2 is 2.22 bits per heavy atom. The summed E-state index contributed by atoms with van der Waals surface area (Å²) in [6.45, 7) is 1.66. The average molecular weight is 275 g/mol. The summed E-state index contributed by atoms with van der Waals surface area (Å²) in [6, 6.07) is 4.58. The zero-order valence-electron chi connectivity index (χ0n) is 9.76. The van der Waals surface area contributed by atoms with Crippen LogP contribution in [0.15, 0.2) is 18.2 Å². The highest BCUT2D eigenvalue weighted by molar-refractivity contribution is 6.30. The lowest BCUT2D eigenvalue weighted by molar-refractivity contribution is -0.385. The Morgan fingerprint density at radius 1 is 1.44 bits per heavy atom. The highest BCUT2D eigenvalue weighted by Gasteiger charge is 2.13. The first-order valence-electron chi connectivity index (χ1n) is 5.47. The van der Waals surface area contributed by atoms with Gasteiger partial charge in [0.05, 0.1) is 24.7 Å². The maximum Gasteiger partial charge on any atom is 0.275 e. The van der Waals surface area contributed by atoms with Crippen LogP contribution in [0.1, 0.15) is 5.56 Å². The summed E-state index contributed by atoms with van der Waals surface area (Å²) in [5.74, 6) is 0. The zero-order valence-corrected chi connectivity index (χ0v) is 10.5. The molecule has 100 valence electrons. The predicted molar refractivity (Wildman–Crippen MR) is 67.7 cm³/mol. The smallest absolute Gasteiger partial charge is 0.275 e. The van der Waals surface area contributed by atoms with Crippen LogP contribution >= 0.6 is 11.6 Å². The van der Waals surface area contributed by atoms with Gasteiger partial charge in [0, 0.05) is 29.7 Å². The fourth-order valence-electron chi connectivity index (χ4n) is 1.39. The van der Waals surface area contributed by atoms with Crippen LogP contribution in [0.3, 0.4) is 0 Å². The van der Waals surface area contributed by atoms with Crippen molar-refractivity contribution < 1.29 is 14.8 Å². The van der Waals surface area contributed by atoms with Crippen molar-refractivity contribution in [2.75, 3.05) is 26.4 Å². The van der Waals surface area contributed by atoms with Crippen LogP contribution in [-0.4, -0.2) is 36.4 Å². The van der Waals surface area contributed by atoms with E-state index in [1.165, 1.54) is 6.07 Å². The monoisotopic (exact) mass is 274 g/mol. The molecule has 7 heteroatoms. The van der Waals surface area contributed by atoms with E-state index in [4.69, 9.17) is 21.4 Å². The molecule has 0 saturated heterocycles. The number of nitrogens with one attached hydrogen (secondary N) is 1. The van der Waals surface area contributed by atoms with E-state index in [1.807, 2.05) is 0 Å². The molecule has 0 unspecified atom stereocenters. The first-order valence-corrected chi connectivity index (χ1v) is 5.85. The fraction of sp³-hybridized carbons (Fsp3) is 0.455. The largest absolute Gasteiger partial charge is 0.394 e. The van der Waals surface area contributed by atoms with Crippen molar-refractivity contribution >= 4 is 17.3 Å². The molecule has 0 aromatic heterocycles. The third kappa shape index (κ3) is 4.97. The van der Waals surface area contributed by atoms with Crippen molar-refractivity contribution in [2.24, 2.45) is 0 Å². The van der Waals surface area contributed by atoms with Gasteiger partial charge in [-0.3, -0.25) is 10.1 Å². The van der Waals surface area contributed by atoms with Gasteiger partial charge in [0.25, 0.3) is 5.69 Å². The van der Waals surface area contributed by atoms with E-state index in [0.29, 0.717) is 36.9 Å². The Balaban J connectivity index is 2.44. The number of hydrogen-bond donors (Lipinski definition) is 2. The fourth-order valence-corrected chi connectivity index (χ4v) is 1.56. The van der Waals surface area contributed by atoms with E-state index < -0.39 is 4.92 Å². The summed E-state index contributed by atoms with van der Waals surface area (Å²) in [6.07, 6.45) is 0. The molecule has 0 atom stereocenters. The van der Waals surface area contributed by atoms with Gasteiger partial charge in [-0.05, 0) is 12.1 Å². The highest BCUT2D eigenvalue weighted by Crippen LogP contribution is 2.22. The lowest BCUT2D eigenvalue weighted by Crippen LogP contribution is -2.20. The molecule has 0 aliphatic carbocycles. The lowest BCUT2D eigenvalue weighted by atomic mass is 10.2. The highest BCUT2D eigenvalue weighted by atomic mass is 35.5. The first-order chi connectivity index (χ1) is 8.65. The van der Waals surface area contributed by atoms with Crippen molar-refractivity contribution in [3.63, 3.8) is 0 Å². The van der Waals surface area contributed by atoms with Crippen LogP contribution < -0.4 is 5.32 Å². The van der Waals surface area contributed by atoms with Gasteiger partial charge in [-0.1, -0.05) is 11.6 Å². The van der Waals surface area contributed by atoms with Gasteiger partial charge < -0.3 is 15.2 Å². The van der Waals surface area contributed by atoms with Crippen molar-refractivity contribution in [3.8, 4) is 0 Å². The topological polar surface area (TPSA) is 84.6 Å². The summed E-state index contributed by atoms with van der Waals surface area (Å²) in [5, 5.41) is 22.7. The number of benzene rings is 1. The summed E-state index contributed by atoms with van der Waals surface area (Å²) in [4.78, 5) is 10.4. The van der Waals surface area contributed by atoms with Crippen LogP contribution in [-0.2, 0) is 11.3 Å². The molecule has 0 bridgehead atoms. The van der Waals surface area contributed by atoms with Gasteiger partial charge in [-0.2, -0.15) is 0 Å². The molecule has 0 aliphatic heterocycles. The van der Waals surface area contributed by atoms with Gasteiger partial charge in [-0.25, -0.2) is 0 Å². The number of aliphatic hydroxyl groups is 1. The van der Waals surface area contributed by atoms with E-state index in [9.17, 15) is 10.1 Å².